The maximum Gasteiger partial charge on any atom is 0.125 e. The van der Waals surface area contributed by atoms with Gasteiger partial charge in [-0.1, -0.05) is 18.0 Å². The molecule has 2 unspecified atom stereocenters. The highest BCUT2D eigenvalue weighted by atomic mass is 35.5. The molecule has 1 aromatic rings. The van der Waals surface area contributed by atoms with Crippen molar-refractivity contribution in [3.05, 3.63) is 34.6 Å². The van der Waals surface area contributed by atoms with Gasteiger partial charge in [0, 0.05) is 17.6 Å². The minimum atomic E-state index is -0.271. The predicted molar refractivity (Wildman–Crippen MR) is 73.1 cm³/mol. The number of nitrogens with zero attached hydrogens (tertiary/aromatic N) is 1. The van der Waals surface area contributed by atoms with Crippen molar-refractivity contribution in [2.75, 3.05) is 13.6 Å². The molecule has 100 valence electrons. The Kier molecular flexibility index (Phi) is 4.60. The lowest BCUT2D eigenvalue weighted by molar-refractivity contribution is 0.192. The zero-order valence-electron chi connectivity index (χ0n) is 10.7. The molecule has 0 heterocycles. The maximum atomic E-state index is 13.3. The van der Waals surface area contributed by atoms with Gasteiger partial charge in [0.05, 0.1) is 0 Å². The monoisotopic (exact) mass is 270 g/mol. The van der Waals surface area contributed by atoms with Gasteiger partial charge >= 0.3 is 0 Å². The minimum Gasteiger partial charge on any atom is -0.330 e. The van der Waals surface area contributed by atoms with E-state index in [1.165, 1.54) is 25.3 Å². The first kappa shape index (κ1) is 13.8. The fourth-order valence-corrected chi connectivity index (χ4v) is 3.22. The highest BCUT2D eigenvalue weighted by molar-refractivity contribution is 6.30. The first-order chi connectivity index (χ1) is 8.60. The van der Waals surface area contributed by atoms with Gasteiger partial charge in [-0.3, -0.25) is 4.90 Å². The van der Waals surface area contributed by atoms with Crippen LogP contribution in [0.25, 0.3) is 0 Å². The van der Waals surface area contributed by atoms with Crippen LogP contribution in [-0.2, 0) is 6.54 Å². The molecule has 0 saturated heterocycles. The molecular formula is C14H20ClFN2. The van der Waals surface area contributed by atoms with Crippen molar-refractivity contribution >= 4 is 11.6 Å². The third-order valence-electron chi connectivity index (χ3n) is 3.84. The summed E-state index contributed by atoms with van der Waals surface area (Å²) in [4.78, 5) is 2.27. The van der Waals surface area contributed by atoms with Crippen molar-refractivity contribution in [3.8, 4) is 0 Å². The molecule has 0 aromatic heterocycles. The summed E-state index contributed by atoms with van der Waals surface area (Å²) < 4.78 is 13.3. The SMILES string of the molecule is CN(Cc1cc(F)cc(Cl)c1)C1CCCC1CN. The summed E-state index contributed by atoms with van der Waals surface area (Å²) >= 11 is 5.87. The van der Waals surface area contributed by atoms with Crippen molar-refractivity contribution in [1.82, 2.24) is 4.90 Å². The lowest BCUT2D eigenvalue weighted by Crippen LogP contribution is -2.37. The molecule has 1 aromatic carbocycles. The van der Waals surface area contributed by atoms with Gasteiger partial charge in [0.1, 0.15) is 5.82 Å². The Bertz CT molecular complexity index is 391. The molecule has 0 amide bonds. The molecule has 1 saturated carbocycles. The van der Waals surface area contributed by atoms with E-state index in [9.17, 15) is 4.39 Å². The Labute approximate surface area is 113 Å². The largest absolute Gasteiger partial charge is 0.330 e. The molecular weight excluding hydrogens is 251 g/mol. The molecule has 0 bridgehead atoms. The van der Waals surface area contributed by atoms with Gasteiger partial charge in [0.15, 0.2) is 0 Å². The van der Waals surface area contributed by atoms with Crippen LogP contribution < -0.4 is 5.73 Å². The van der Waals surface area contributed by atoms with Crippen LogP contribution in [0.5, 0.6) is 0 Å². The van der Waals surface area contributed by atoms with E-state index in [0.29, 0.717) is 17.0 Å². The molecule has 0 spiro atoms. The normalized spacial score (nSPS) is 23.8. The van der Waals surface area contributed by atoms with Crippen LogP contribution in [0, 0.1) is 11.7 Å². The molecule has 2 nitrogen and oxygen atoms in total. The van der Waals surface area contributed by atoms with Crippen LogP contribution in [0.4, 0.5) is 4.39 Å². The van der Waals surface area contributed by atoms with Gasteiger partial charge in [0.2, 0.25) is 0 Å². The number of nitrogens with two attached hydrogens (primary N) is 1. The number of halogens is 2. The Morgan fingerprint density at radius 1 is 1.39 bits per heavy atom. The minimum absolute atomic E-state index is 0.271. The van der Waals surface area contributed by atoms with Gasteiger partial charge in [0.25, 0.3) is 0 Å². The third kappa shape index (κ3) is 3.22. The first-order valence-electron chi connectivity index (χ1n) is 6.45. The van der Waals surface area contributed by atoms with E-state index in [1.54, 1.807) is 6.07 Å². The zero-order chi connectivity index (χ0) is 13.1. The second-order valence-electron chi connectivity index (χ2n) is 5.19. The predicted octanol–water partition coefficient (Wildman–Crippen LogP) is 3.04. The molecule has 2 N–H and O–H groups in total. The van der Waals surface area contributed by atoms with Crippen LogP contribution in [0.3, 0.4) is 0 Å². The molecule has 4 heteroatoms. The van der Waals surface area contributed by atoms with Crippen LogP contribution in [-0.4, -0.2) is 24.5 Å². The van der Waals surface area contributed by atoms with Gasteiger partial charge in [-0.15, -0.1) is 0 Å². The first-order valence-corrected chi connectivity index (χ1v) is 6.83. The van der Waals surface area contributed by atoms with Crippen molar-refractivity contribution in [2.45, 2.75) is 31.8 Å². The number of rotatable bonds is 4. The molecule has 2 atom stereocenters. The molecule has 1 aliphatic rings. The summed E-state index contributed by atoms with van der Waals surface area (Å²) in [5.74, 6) is 0.298. The lowest BCUT2D eigenvalue weighted by Gasteiger charge is -2.29. The molecule has 0 aliphatic heterocycles. The highest BCUT2D eigenvalue weighted by Crippen LogP contribution is 2.29. The summed E-state index contributed by atoms with van der Waals surface area (Å²) in [6, 6.07) is 5.23. The van der Waals surface area contributed by atoms with Crippen molar-refractivity contribution in [1.29, 1.82) is 0 Å². The second-order valence-corrected chi connectivity index (χ2v) is 5.62. The lowest BCUT2D eigenvalue weighted by atomic mass is 10.0. The summed E-state index contributed by atoms with van der Waals surface area (Å²) in [7, 11) is 2.08. The third-order valence-corrected chi connectivity index (χ3v) is 4.06. The number of benzene rings is 1. The van der Waals surface area contributed by atoms with Crippen molar-refractivity contribution in [3.63, 3.8) is 0 Å². The van der Waals surface area contributed by atoms with Gasteiger partial charge in [-0.25, -0.2) is 4.39 Å². The maximum absolute atomic E-state index is 13.3. The number of hydrogen-bond acceptors (Lipinski definition) is 2. The van der Waals surface area contributed by atoms with Gasteiger partial charge < -0.3 is 5.73 Å². The second kappa shape index (κ2) is 6.00. The van der Waals surface area contributed by atoms with E-state index < -0.39 is 0 Å². The van der Waals surface area contributed by atoms with E-state index in [-0.39, 0.29) is 5.82 Å². The average Bonchev–Trinajstić information content (AvgIpc) is 2.75. The fraction of sp³-hybridized carbons (Fsp3) is 0.571. The summed E-state index contributed by atoms with van der Waals surface area (Å²) in [6.07, 6.45) is 3.62. The van der Waals surface area contributed by atoms with E-state index in [0.717, 1.165) is 18.7 Å². The van der Waals surface area contributed by atoms with Crippen LogP contribution >= 0.6 is 11.6 Å². The molecule has 2 rings (SSSR count). The zero-order valence-corrected chi connectivity index (χ0v) is 11.5. The van der Waals surface area contributed by atoms with Crippen LogP contribution in [0.15, 0.2) is 18.2 Å². The summed E-state index contributed by atoms with van der Waals surface area (Å²) in [5.41, 5.74) is 6.72. The average molecular weight is 271 g/mol. The molecule has 1 aliphatic carbocycles. The van der Waals surface area contributed by atoms with Crippen molar-refractivity contribution < 1.29 is 4.39 Å². The van der Waals surface area contributed by atoms with E-state index >= 15 is 0 Å². The smallest absolute Gasteiger partial charge is 0.125 e. The van der Waals surface area contributed by atoms with Crippen molar-refractivity contribution in [2.24, 2.45) is 11.7 Å². The Morgan fingerprint density at radius 2 is 2.17 bits per heavy atom. The van der Waals surface area contributed by atoms with E-state index in [1.807, 2.05) is 6.07 Å². The van der Waals surface area contributed by atoms with E-state index in [4.69, 9.17) is 17.3 Å². The topological polar surface area (TPSA) is 29.3 Å². The fourth-order valence-electron chi connectivity index (χ4n) is 2.98. The van der Waals surface area contributed by atoms with Crippen LogP contribution in [0.1, 0.15) is 24.8 Å². The summed E-state index contributed by atoms with van der Waals surface area (Å²) in [5, 5.41) is 0.459. The molecule has 1 fully saturated rings. The standard InChI is InChI=1S/C14H20ClFN2/c1-18(14-4-2-3-11(14)8-17)9-10-5-12(15)7-13(16)6-10/h5-7,11,14H,2-4,8-9,17H2,1H3. The van der Waals surface area contributed by atoms with Gasteiger partial charge in [-0.2, -0.15) is 0 Å². The Morgan fingerprint density at radius 3 is 2.83 bits per heavy atom. The van der Waals surface area contributed by atoms with Gasteiger partial charge in [-0.05, 0) is 56.1 Å². The van der Waals surface area contributed by atoms with E-state index in [2.05, 4.69) is 11.9 Å². The number of hydrogen-bond donors (Lipinski definition) is 1. The Balaban J connectivity index is 2.04. The molecule has 18 heavy (non-hydrogen) atoms. The summed E-state index contributed by atoms with van der Waals surface area (Å²) in [6.45, 7) is 1.46. The Hall–Kier alpha value is -0.640. The quantitative estimate of drug-likeness (QED) is 0.911. The highest BCUT2D eigenvalue weighted by Gasteiger charge is 2.29. The van der Waals surface area contributed by atoms with Crippen LogP contribution in [0.2, 0.25) is 5.02 Å². The molecule has 0 radical (unpaired) electrons.